The Morgan fingerprint density at radius 3 is 3.00 bits per heavy atom. The second-order valence-electron chi connectivity index (χ2n) is 7.66. The van der Waals surface area contributed by atoms with Gasteiger partial charge in [0, 0.05) is 25.0 Å². The van der Waals surface area contributed by atoms with Crippen molar-refractivity contribution in [1.29, 1.82) is 0 Å². The lowest BCUT2D eigenvalue weighted by Crippen LogP contribution is -2.57. The summed E-state index contributed by atoms with van der Waals surface area (Å²) >= 11 is 0. The Labute approximate surface area is 163 Å². The van der Waals surface area contributed by atoms with E-state index in [4.69, 9.17) is 4.74 Å². The Morgan fingerprint density at radius 2 is 2.25 bits per heavy atom. The Kier molecular flexibility index (Phi) is 5.21. The second kappa shape index (κ2) is 7.78. The van der Waals surface area contributed by atoms with E-state index in [0.29, 0.717) is 38.5 Å². The molecule has 3 amide bonds. The first kappa shape index (κ1) is 18.7. The van der Waals surface area contributed by atoms with Crippen molar-refractivity contribution in [2.24, 2.45) is 0 Å². The van der Waals surface area contributed by atoms with Crippen LogP contribution in [0.4, 0.5) is 4.79 Å². The number of carbonyl (C=O) groups is 3. The highest BCUT2D eigenvalue weighted by Crippen LogP contribution is 2.38. The normalized spacial score (nSPS) is 27.4. The van der Waals surface area contributed by atoms with Crippen LogP contribution in [-0.2, 0) is 20.9 Å². The zero-order chi connectivity index (χ0) is 19.6. The fourth-order valence-electron chi connectivity index (χ4n) is 4.51. The topological polar surface area (TPSA) is 120 Å². The smallest absolute Gasteiger partial charge is 0.410 e. The van der Waals surface area contributed by atoms with Crippen molar-refractivity contribution in [1.82, 2.24) is 30.4 Å². The largest absolute Gasteiger partial charge is 0.448 e. The maximum absolute atomic E-state index is 13.1. The lowest BCUT2D eigenvalue weighted by Gasteiger charge is -2.40. The first-order valence-electron chi connectivity index (χ1n) is 9.79. The van der Waals surface area contributed by atoms with Crippen LogP contribution in [0.5, 0.6) is 0 Å². The van der Waals surface area contributed by atoms with Gasteiger partial charge in [0.05, 0.1) is 13.1 Å². The summed E-state index contributed by atoms with van der Waals surface area (Å²) in [5.74, 6) is 0.491. The van der Waals surface area contributed by atoms with E-state index in [1.807, 2.05) is 0 Å². The zero-order valence-electron chi connectivity index (χ0n) is 15.8. The van der Waals surface area contributed by atoms with E-state index in [1.165, 1.54) is 4.90 Å². The van der Waals surface area contributed by atoms with Crippen LogP contribution < -0.4 is 10.6 Å². The van der Waals surface area contributed by atoms with Gasteiger partial charge < -0.3 is 20.4 Å². The first-order chi connectivity index (χ1) is 13.6. The van der Waals surface area contributed by atoms with Gasteiger partial charge in [-0.25, -0.2) is 9.78 Å². The molecule has 0 unspecified atom stereocenters. The van der Waals surface area contributed by atoms with Crippen LogP contribution in [0.25, 0.3) is 0 Å². The molecule has 2 atom stereocenters. The summed E-state index contributed by atoms with van der Waals surface area (Å²) < 4.78 is 4.86. The molecule has 0 aliphatic carbocycles. The summed E-state index contributed by atoms with van der Waals surface area (Å²) in [5, 5.41) is 6.00. The maximum atomic E-state index is 13.1. The van der Waals surface area contributed by atoms with Crippen LogP contribution in [0, 0.1) is 0 Å². The highest BCUT2D eigenvalue weighted by Gasteiger charge is 2.52. The quantitative estimate of drug-likeness (QED) is 0.608. The molecule has 1 aromatic heterocycles. The van der Waals surface area contributed by atoms with Crippen LogP contribution in [0.2, 0.25) is 0 Å². The van der Waals surface area contributed by atoms with Crippen LogP contribution in [0.15, 0.2) is 12.4 Å². The SMILES string of the molecule is O=C(CN1CCOC1=O)N[C@@H]1CN2CCCC[C@@]2(C(=O)NCc2ncc[nH]2)C1. The molecule has 0 spiro atoms. The van der Waals surface area contributed by atoms with Crippen molar-refractivity contribution >= 4 is 17.9 Å². The number of nitrogens with one attached hydrogen (secondary N) is 3. The van der Waals surface area contributed by atoms with Crippen molar-refractivity contribution < 1.29 is 19.1 Å². The van der Waals surface area contributed by atoms with Crippen molar-refractivity contribution in [3.8, 4) is 0 Å². The molecule has 0 aromatic carbocycles. The summed E-state index contributed by atoms with van der Waals surface area (Å²) in [6.07, 6.45) is 6.33. The van der Waals surface area contributed by atoms with Crippen molar-refractivity contribution in [3.63, 3.8) is 0 Å². The van der Waals surface area contributed by atoms with Gasteiger partial charge in [0.2, 0.25) is 11.8 Å². The monoisotopic (exact) mass is 390 g/mol. The molecular formula is C18H26N6O4. The Balaban J connectivity index is 1.37. The fourth-order valence-corrected chi connectivity index (χ4v) is 4.51. The van der Waals surface area contributed by atoms with E-state index in [9.17, 15) is 14.4 Å². The minimum atomic E-state index is -0.588. The molecule has 4 rings (SSSR count). The molecule has 152 valence electrons. The standard InChI is InChI=1S/C18H26N6O4/c25-15(12-23-7-8-28-17(23)27)22-13-9-18(3-1-2-6-24(18)11-13)16(26)21-10-14-19-4-5-20-14/h4-5,13H,1-3,6-12H2,(H,19,20)(H,21,26)(H,22,25)/t13-,18-/m0/s1. The number of carbonyl (C=O) groups excluding carboxylic acids is 3. The predicted octanol–water partition coefficient (Wildman–Crippen LogP) is -0.409. The number of rotatable bonds is 6. The molecule has 3 saturated heterocycles. The van der Waals surface area contributed by atoms with Gasteiger partial charge >= 0.3 is 6.09 Å². The summed E-state index contributed by atoms with van der Waals surface area (Å²) in [7, 11) is 0. The molecule has 1 aromatic rings. The van der Waals surface area contributed by atoms with Gasteiger partial charge in [0.15, 0.2) is 0 Å². The van der Waals surface area contributed by atoms with Gasteiger partial charge in [0.1, 0.15) is 24.5 Å². The number of amides is 3. The highest BCUT2D eigenvalue weighted by molar-refractivity contribution is 5.87. The molecule has 3 N–H and O–H groups in total. The predicted molar refractivity (Wildman–Crippen MR) is 98.1 cm³/mol. The molecule has 0 bridgehead atoms. The molecule has 3 aliphatic heterocycles. The summed E-state index contributed by atoms with van der Waals surface area (Å²) in [5.41, 5.74) is -0.588. The summed E-state index contributed by atoms with van der Waals surface area (Å²) in [6, 6.07) is -0.112. The molecule has 28 heavy (non-hydrogen) atoms. The molecule has 10 heteroatoms. The minimum Gasteiger partial charge on any atom is -0.448 e. The molecule has 0 saturated carbocycles. The number of hydrogen-bond donors (Lipinski definition) is 3. The van der Waals surface area contributed by atoms with Crippen LogP contribution >= 0.6 is 0 Å². The molecule has 0 radical (unpaired) electrons. The lowest BCUT2D eigenvalue weighted by atomic mass is 9.84. The second-order valence-corrected chi connectivity index (χ2v) is 7.66. The van der Waals surface area contributed by atoms with E-state index >= 15 is 0 Å². The third-order valence-corrected chi connectivity index (χ3v) is 5.84. The maximum Gasteiger partial charge on any atom is 0.410 e. The number of imidazole rings is 1. The summed E-state index contributed by atoms with van der Waals surface area (Å²) in [6.45, 7) is 2.59. The van der Waals surface area contributed by atoms with E-state index in [0.717, 1.165) is 25.8 Å². The average molecular weight is 390 g/mol. The van der Waals surface area contributed by atoms with E-state index in [-0.39, 0.29) is 24.4 Å². The molecule has 10 nitrogen and oxygen atoms in total. The lowest BCUT2D eigenvalue weighted by molar-refractivity contribution is -0.134. The van der Waals surface area contributed by atoms with Gasteiger partial charge in [-0.3, -0.25) is 19.4 Å². The van der Waals surface area contributed by atoms with Gasteiger partial charge in [-0.1, -0.05) is 0 Å². The van der Waals surface area contributed by atoms with Crippen molar-refractivity contribution in [2.75, 3.05) is 32.8 Å². The summed E-state index contributed by atoms with van der Waals surface area (Å²) in [4.78, 5) is 47.7. The zero-order valence-corrected chi connectivity index (χ0v) is 15.8. The molecule has 3 aliphatic rings. The fraction of sp³-hybridized carbons (Fsp3) is 0.667. The number of H-pyrrole nitrogens is 1. The number of ether oxygens (including phenoxy) is 1. The third-order valence-electron chi connectivity index (χ3n) is 5.84. The van der Waals surface area contributed by atoms with E-state index in [2.05, 4.69) is 25.5 Å². The van der Waals surface area contributed by atoms with Crippen molar-refractivity contribution in [3.05, 3.63) is 18.2 Å². The van der Waals surface area contributed by atoms with Crippen LogP contribution in [0.3, 0.4) is 0 Å². The number of hydrogen-bond acceptors (Lipinski definition) is 6. The number of piperidine rings is 1. The van der Waals surface area contributed by atoms with E-state index in [1.54, 1.807) is 12.4 Å². The highest BCUT2D eigenvalue weighted by atomic mass is 16.6. The number of cyclic esters (lactones) is 1. The van der Waals surface area contributed by atoms with Gasteiger partial charge in [0.25, 0.3) is 0 Å². The molecule has 4 heterocycles. The van der Waals surface area contributed by atoms with Crippen LogP contribution in [0.1, 0.15) is 31.5 Å². The number of aromatic nitrogens is 2. The van der Waals surface area contributed by atoms with E-state index < -0.39 is 11.6 Å². The Bertz CT molecular complexity index is 738. The van der Waals surface area contributed by atoms with Crippen LogP contribution in [-0.4, -0.2) is 82.0 Å². The Hall–Kier alpha value is -2.62. The Morgan fingerprint density at radius 1 is 1.36 bits per heavy atom. The third kappa shape index (κ3) is 3.68. The number of aromatic amines is 1. The molecular weight excluding hydrogens is 364 g/mol. The number of nitrogens with zero attached hydrogens (tertiary/aromatic N) is 3. The van der Waals surface area contributed by atoms with Gasteiger partial charge in [-0.2, -0.15) is 0 Å². The van der Waals surface area contributed by atoms with Gasteiger partial charge in [-0.15, -0.1) is 0 Å². The molecule has 3 fully saturated rings. The van der Waals surface area contributed by atoms with Crippen molar-refractivity contribution in [2.45, 2.75) is 43.8 Å². The minimum absolute atomic E-state index is 0.00692. The average Bonchev–Trinajstić information content (AvgIpc) is 3.40. The van der Waals surface area contributed by atoms with Gasteiger partial charge in [-0.05, 0) is 32.2 Å². The first-order valence-corrected chi connectivity index (χ1v) is 9.79. The number of fused-ring (bicyclic) bond motifs is 1.